The highest BCUT2D eigenvalue weighted by atomic mass is 32.2. The lowest BCUT2D eigenvalue weighted by Crippen LogP contribution is -2.39. The van der Waals surface area contributed by atoms with Crippen LogP contribution in [0.3, 0.4) is 0 Å². The number of nitrogens with zero attached hydrogens (tertiary/aromatic N) is 1. The fourth-order valence-electron chi connectivity index (χ4n) is 4.86. The number of aromatic amines is 1. The lowest BCUT2D eigenvalue weighted by atomic mass is 10.0. The first-order valence-corrected chi connectivity index (χ1v) is 13.5. The molecule has 1 aliphatic heterocycles. The van der Waals surface area contributed by atoms with Crippen LogP contribution in [0.4, 0.5) is 0 Å². The Bertz CT molecular complexity index is 1440. The Morgan fingerprint density at radius 3 is 2.40 bits per heavy atom. The van der Waals surface area contributed by atoms with Crippen molar-refractivity contribution in [2.45, 2.75) is 19.0 Å². The van der Waals surface area contributed by atoms with Crippen molar-refractivity contribution in [1.82, 2.24) is 9.88 Å². The van der Waals surface area contributed by atoms with Gasteiger partial charge in [0.25, 0.3) is 0 Å². The van der Waals surface area contributed by atoms with E-state index in [4.69, 9.17) is 4.74 Å². The summed E-state index contributed by atoms with van der Waals surface area (Å²) in [5.41, 5.74) is 4.29. The van der Waals surface area contributed by atoms with Crippen molar-refractivity contribution in [3.05, 3.63) is 90.0 Å². The van der Waals surface area contributed by atoms with E-state index in [1.165, 1.54) is 0 Å². The van der Waals surface area contributed by atoms with Gasteiger partial charge in [-0.3, -0.25) is 9.69 Å². The van der Waals surface area contributed by atoms with Crippen LogP contribution in [0, 0.1) is 0 Å². The summed E-state index contributed by atoms with van der Waals surface area (Å²) >= 11 is 0. The second-order valence-electron chi connectivity index (χ2n) is 9.02. The van der Waals surface area contributed by atoms with Gasteiger partial charge in [0.15, 0.2) is 15.6 Å². The Morgan fingerprint density at radius 2 is 1.71 bits per heavy atom. The smallest absolute Gasteiger partial charge is 0.179 e. The number of para-hydroxylation sites is 1. The van der Waals surface area contributed by atoms with E-state index in [0.29, 0.717) is 18.5 Å². The number of ether oxygens (including phenoxy) is 1. The molecule has 5 rings (SSSR count). The summed E-state index contributed by atoms with van der Waals surface area (Å²) in [4.78, 5) is 19.4. The van der Waals surface area contributed by atoms with Crippen LogP contribution in [0.2, 0.25) is 0 Å². The molecule has 0 radical (unpaired) electrons. The van der Waals surface area contributed by atoms with Crippen molar-refractivity contribution in [2.75, 3.05) is 25.2 Å². The van der Waals surface area contributed by atoms with Crippen molar-refractivity contribution in [1.29, 1.82) is 0 Å². The molecule has 1 atom stereocenters. The zero-order chi connectivity index (χ0) is 24.4. The summed E-state index contributed by atoms with van der Waals surface area (Å²) in [5.74, 6) is 0.966. The zero-order valence-electron chi connectivity index (χ0n) is 19.6. The largest absolute Gasteiger partial charge is 0.497 e. The number of fused-ring (bicyclic) bond motifs is 1. The molecule has 1 saturated heterocycles. The quantitative estimate of drug-likeness (QED) is 0.363. The molecule has 0 amide bonds. The molecule has 1 aliphatic rings. The molecule has 1 aromatic heterocycles. The van der Waals surface area contributed by atoms with Crippen LogP contribution in [0.1, 0.15) is 22.3 Å². The third-order valence-electron chi connectivity index (χ3n) is 6.66. The molecule has 0 spiro atoms. The number of sulfone groups is 1. The van der Waals surface area contributed by atoms with E-state index in [2.05, 4.69) is 4.98 Å². The van der Waals surface area contributed by atoms with Crippen molar-refractivity contribution in [2.24, 2.45) is 0 Å². The molecule has 4 aromatic rings. The standard InChI is InChI=1S/C28H28N2O4S/c1-34-23-13-11-20(12-14-23)17-30(22-15-16-35(32,33)19-22)18-26(31)27-24-9-5-6-10-25(24)29-28(27)21-7-3-2-4-8-21/h2-14,22,29H,15-19H2,1H3. The molecule has 3 aromatic carbocycles. The van der Waals surface area contributed by atoms with Crippen molar-refractivity contribution < 1.29 is 17.9 Å². The molecule has 0 saturated carbocycles. The molecule has 7 heteroatoms. The lowest BCUT2D eigenvalue weighted by molar-refractivity contribution is 0.0895. The number of Topliss-reactive ketones (excluding diaryl/α,β-unsaturated/α-hetero) is 1. The average molecular weight is 489 g/mol. The number of carbonyl (C=O) groups excluding carboxylic acids is 1. The maximum absolute atomic E-state index is 13.9. The second kappa shape index (κ2) is 9.68. The van der Waals surface area contributed by atoms with E-state index in [1.807, 2.05) is 83.8 Å². The van der Waals surface area contributed by atoms with Crippen LogP contribution >= 0.6 is 0 Å². The summed E-state index contributed by atoms with van der Waals surface area (Å²) in [6, 6.07) is 25.1. The zero-order valence-corrected chi connectivity index (χ0v) is 20.4. The summed E-state index contributed by atoms with van der Waals surface area (Å²) < 4.78 is 29.8. The van der Waals surface area contributed by atoms with Gasteiger partial charge in [-0.15, -0.1) is 0 Å². The minimum atomic E-state index is -3.10. The van der Waals surface area contributed by atoms with Gasteiger partial charge in [0.1, 0.15) is 5.75 Å². The Labute approximate surface area is 205 Å². The fourth-order valence-corrected chi connectivity index (χ4v) is 6.62. The minimum Gasteiger partial charge on any atom is -0.497 e. The Morgan fingerprint density at radius 1 is 1.00 bits per heavy atom. The highest BCUT2D eigenvalue weighted by Crippen LogP contribution is 2.31. The van der Waals surface area contributed by atoms with Gasteiger partial charge in [0, 0.05) is 23.5 Å². The Balaban J connectivity index is 1.50. The van der Waals surface area contributed by atoms with Crippen LogP contribution in [0.25, 0.3) is 22.2 Å². The van der Waals surface area contributed by atoms with Gasteiger partial charge in [0.05, 0.1) is 36.4 Å². The second-order valence-corrected chi connectivity index (χ2v) is 11.2. The van der Waals surface area contributed by atoms with Crippen LogP contribution in [-0.2, 0) is 16.4 Å². The van der Waals surface area contributed by atoms with Crippen molar-refractivity contribution in [3.63, 3.8) is 0 Å². The van der Waals surface area contributed by atoms with Gasteiger partial charge < -0.3 is 9.72 Å². The Hall–Kier alpha value is -3.42. The number of rotatable bonds is 8. The number of aromatic nitrogens is 1. The van der Waals surface area contributed by atoms with Gasteiger partial charge in [0.2, 0.25) is 0 Å². The van der Waals surface area contributed by atoms with Gasteiger partial charge in [-0.25, -0.2) is 8.42 Å². The predicted molar refractivity (Wildman–Crippen MR) is 139 cm³/mol. The van der Waals surface area contributed by atoms with E-state index in [0.717, 1.165) is 33.5 Å². The third kappa shape index (κ3) is 5.01. The molecular formula is C28H28N2O4S. The normalized spacial score (nSPS) is 17.1. The highest BCUT2D eigenvalue weighted by Gasteiger charge is 2.34. The molecule has 1 unspecified atom stereocenters. The molecule has 0 bridgehead atoms. The number of hydrogen-bond donors (Lipinski definition) is 1. The van der Waals surface area contributed by atoms with E-state index in [-0.39, 0.29) is 29.9 Å². The Kier molecular flexibility index (Phi) is 6.45. The number of benzene rings is 3. The van der Waals surface area contributed by atoms with Crippen LogP contribution in [-0.4, -0.2) is 55.3 Å². The van der Waals surface area contributed by atoms with Crippen LogP contribution in [0.15, 0.2) is 78.9 Å². The number of ketones is 1. The summed E-state index contributed by atoms with van der Waals surface area (Å²) in [5, 5.41) is 0.875. The van der Waals surface area contributed by atoms with E-state index < -0.39 is 9.84 Å². The fraction of sp³-hybridized carbons (Fsp3) is 0.250. The number of hydrogen-bond acceptors (Lipinski definition) is 5. The van der Waals surface area contributed by atoms with Crippen molar-refractivity contribution in [3.8, 4) is 17.0 Å². The summed E-state index contributed by atoms with van der Waals surface area (Å²) in [7, 11) is -1.48. The van der Waals surface area contributed by atoms with Crippen LogP contribution in [0.5, 0.6) is 5.75 Å². The van der Waals surface area contributed by atoms with Gasteiger partial charge >= 0.3 is 0 Å². The van der Waals surface area contributed by atoms with E-state index in [9.17, 15) is 13.2 Å². The lowest BCUT2D eigenvalue weighted by Gasteiger charge is -2.27. The molecule has 0 aliphatic carbocycles. The number of nitrogens with one attached hydrogen (secondary N) is 1. The molecule has 1 fully saturated rings. The topological polar surface area (TPSA) is 79.5 Å². The van der Waals surface area contributed by atoms with Gasteiger partial charge in [-0.1, -0.05) is 60.7 Å². The molecule has 1 N–H and O–H groups in total. The maximum Gasteiger partial charge on any atom is 0.179 e. The number of methoxy groups -OCH3 is 1. The van der Waals surface area contributed by atoms with E-state index >= 15 is 0 Å². The minimum absolute atomic E-state index is 0.0286. The molecule has 6 nitrogen and oxygen atoms in total. The molecular weight excluding hydrogens is 460 g/mol. The molecule has 35 heavy (non-hydrogen) atoms. The first kappa shape index (κ1) is 23.3. The van der Waals surface area contributed by atoms with E-state index in [1.54, 1.807) is 7.11 Å². The van der Waals surface area contributed by atoms with Crippen LogP contribution < -0.4 is 4.74 Å². The highest BCUT2D eigenvalue weighted by molar-refractivity contribution is 7.91. The molecule has 180 valence electrons. The number of H-pyrrole nitrogens is 1. The monoisotopic (exact) mass is 488 g/mol. The first-order chi connectivity index (χ1) is 16.9. The summed E-state index contributed by atoms with van der Waals surface area (Å²) in [6.07, 6.45) is 0.533. The predicted octanol–water partition coefficient (Wildman–Crippen LogP) is 4.72. The number of carbonyl (C=O) groups is 1. The average Bonchev–Trinajstić information content (AvgIpc) is 3.44. The molecule has 2 heterocycles. The maximum atomic E-state index is 13.9. The third-order valence-corrected chi connectivity index (χ3v) is 8.41. The van der Waals surface area contributed by atoms with Gasteiger partial charge in [-0.2, -0.15) is 0 Å². The van der Waals surface area contributed by atoms with Crippen molar-refractivity contribution >= 4 is 26.5 Å². The summed E-state index contributed by atoms with van der Waals surface area (Å²) in [6.45, 7) is 0.618. The first-order valence-electron chi connectivity index (χ1n) is 11.7. The SMILES string of the molecule is COc1ccc(CN(CC(=O)c2c(-c3ccccc3)[nH]c3ccccc23)C2CCS(=O)(=O)C2)cc1. The van der Waals surface area contributed by atoms with Gasteiger partial charge in [-0.05, 0) is 35.7 Å².